The molecule has 0 amide bonds. The number of hydrogen-bond acceptors (Lipinski definition) is 8. The molecule has 10 heteroatoms. The summed E-state index contributed by atoms with van der Waals surface area (Å²) in [5.74, 6) is -0.496. The van der Waals surface area contributed by atoms with Gasteiger partial charge in [-0.25, -0.2) is 0 Å². The zero-order valence-electron chi connectivity index (χ0n) is 23.7. The summed E-state index contributed by atoms with van der Waals surface area (Å²) in [6.45, 7) is 18.6. The largest absolute Gasteiger partial charge is 0.496 e. The first-order valence-electron chi connectivity index (χ1n) is 13.1. The van der Waals surface area contributed by atoms with Crippen LogP contribution in [0.15, 0.2) is 41.4 Å². The lowest BCUT2D eigenvalue weighted by Gasteiger charge is -2.35. The summed E-state index contributed by atoms with van der Waals surface area (Å²) in [5.41, 5.74) is 2.47. The molecule has 0 N–H and O–H groups in total. The smallest absolute Gasteiger partial charge is 0.399 e. The molecule has 0 aromatic carbocycles. The highest BCUT2D eigenvalue weighted by Gasteiger charge is 2.52. The van der Waals surface area contributed by atoms with E-state index in [1.165, 1.54) is 0 Å². The van der Waals surface area contributed by atoms with Crippen molar-refractivity contribution in [3.05, 3.63) is 52.5 Å². The predicted molar refractivity (Wildman–Crippen MR) is 149 cm³/mol. The van der Waals surface area contributed by atoms with Crippen molar-refractivity contribution in [2.24, 2.45) is 0 Å². The third-order valence-electron chi connectivity index (χ3n) is 7.50. The highest BCUT2D eigenvalue weighted by molar-refractivity contribution is 9.10. The number of halogens is 1. The van der Waals surface area contributed by atoms with Gasteiger partial charge in [0.1, 0.15) is 0 Å². The second-order valence-electron chi connectivity index (χ2n) is 12.0. The molecule has 0 spiro atoms. The molecule has 38 heavy (non-hydrogen) atoms. The molecule has 0 atom stereocenters. The third kappa shape index (κ3) is 7.21. The van der Waals surface area contributed by atoms with Crippen molar-refractivity contribution in [2.45, 2.75) is 90.0 Å². The van der Waals surface area contributed by atoms with Crippen LogP contribution in [-0.2, 0) is 28.3 Å². The number of hydrogen-bond donors (Lipinski definition) is 0. The lowest BCUT2D eigenvalue weighted by molar-refractivity contribution is -0.251. The first kappa shape index (κ1) is 29.6. The van der Waals surface area contributed by atoms with Gasteiger partial charge in [0, 0.05) is 46.6 Å². The Kier molecular flexibility index (Phi) is 8.75. The number of aromatic nitrogens is 2. The molecular formula is C28H40BBrN2O6. The molecule has 0 radical (unpaired) electrons. The van der Waals surface area contributed by atoms with Crippen molar-refractivity contribution in [3.8, 4) is 0 Å². The average molecular weight is 591 g/mol. The van der Waals surface area contributed by atoms with Crippen LogP contribution in [0.1, 0.15) is 78.4 Å². The van der Waals surface area contributed by atoms with E-state index in [2.05, 4.69) is 65.7 Å². The number of ether oxygens (including phenoxy) is 4. The fourth-order valence-corrected chi connectivity index (χ4v) is 4.61. The highest BCUT2D eigenvalue weighted by Crippen LogP contribution is 2.36. The van der Waals surface area contributed by atoms with Crippen molar-refractivity contribution in [1.29, 1.82) is 0 Å². The lowest BCUT2D eigenvalue weighted by Crippen LogP contribution is -2.41. The van der Waals surface area contributed by atoms with E-state index in [1.54, 1.807) is 12.4 Å². The summed E-state index contributed by atoms with van der Waals surface area (Å²) < 4.78 is 35.9. The summed E-state index contributed by atoms with van der Waals surface area (Å²) in [4.78, 5) is 8.50. The topological polar surface area (TPSA) is 81.2 Å². The molecule has 5 rings (SSSR count). The van der Waals surface area contributed by atoms with Gasteiger partial charge in [0.2, 0.25) is 0 Å². The van der Waals surface area contributed by atoms with Gasteiger partial charge in [-0.15, -0.1) is 0 Å². The molecule has 3 saturated heterocycles. The Morgan fingerprint density at radius 1 is 0.658 bits per heavy atom. The Morgan fingerprint density at radius 3 is 1.53 bits per heavy atom. The van der Waals surface area contributed by atoms with Crippen LogP contribution in [0, 0.1) is 0 Å². The predicted octanol–water partition coefficient (Wildman–Crippen LogP) is 4.96. The maximum absolute atomic E-state index is 6.10. The Hall–Kier alpha value is -1.40. The average Bonchev–Trinajstić information content (AvgIpc) is 3.06. The fraction of sp³-hybridized carbons (Fsp3) is 0.643. The summed E-state index contributed by atoms with van der Waals surface area (Å²) in [5, 5.41) is 0. The molecule has 0 bridgehead atoms. The van der Waals surface area contributed by atoms with Crippen LogP contribution in [-0.4, -0.2) is 66.3 Å². The minimum Gasteiger partial charge on any atom is -0.399 e. The van der Waals surface area contributed by atoms with E-state index < -0.39 is 18.7 Å². The standard InChI is InChI=1S/C17H26BNO4.C11H14BrNO2/c1-15(2)16(3,4)23-18(22-15)14-7-12(8-19-9-14)13-10-20-17(5,6)21-11-13;1-11(2)14-6-9(7-15-11)8-3-10(12)5-13-4-8/h7-9,13H,10-11H2,1-6H3;3-5,9H,6-7H2,1-2H3. The third-order valence-corrected chi connectivity index (χ3v) is 7.94. The van der Waals surface area contributed by atoms with Crippen molar-refractivity contribution < 1.29 is 28.3 Å². The van der Waals surface area contributed by atoms with Crippen molar-refractivity contribution >= 4 is 28.5 Å². The summed E-state index contributed by atoms with van der Waals surface area (Å²) in [7, 11) is -0.394. The zero-order chi connectivity index (χ0) is 27.8. The SMILES string of the molecule is CC1(C)OCC(c2cncc(B3OC(C)(C)C(C)(C)O3)c2)CO1.CC1(C)OCC(c2cncc(Br)c2)CO1. The van der Waals surface area contributed by atoms with Gasteiger partial charge < -0.3 is 28.3 Å². The molecule has 208 valence electrons. The van der Waals surface area contributed by atoms with Crippen LogP contribution in [0.4, 0.5) is 0 Å². The van der Waals surface area contributed by atoms with Crippen LogP contribution < -0.4 is 5.46 Å². The van der Waals surface area contributed by atoms with E-state index >= 15 is 0 Å². The van der Waals surface area contributed by atoms with Gasteiger partial charge in [-0.3, -0.25) is 9.97 Å². The molecular weight excluding hydrogens is 551 g/mol. The van der Waals surface area contributed by atoms with Crippen LogP contribution in [0.3, 0.4) is 0 Å². The first-order chi connectivity index (χ1) is 17.7. The lowest BCUT2D eigenvalue weighted by atomic mass is 9.79. The Bertz CT molecular complexity index is 1080. The van der Waals surface area contributed by atoms with Gasteiger partial charge in [-0.1, -0.05) is 6.07 Å². The van der Waals surface area contributed by atoms with Crippen LogP contribution >= 0.6 is 15.9 Å². The van der Waals surface area contributed by atoms with Gasteiger partial charge in [-0.05, 0) is 88.5 Å². The quantitative estimate of drug-likeness (QED) is 0.464. The summed E-state index contributed by atoms with van der Waals surface area (Å²) >= 11 is 3.41. The van der Waals surface area contributed by atoms with Crippen molar-refractivity contribution in [1.82, 2.24) is 9.97 Å². The van der Waals surface area contributed by atoms with Gasteiger partial charge in [0.25, 0.3) is 0 Å². The summed E-state index contributed by atoms with van der Waals surface area (Å²) in [6.07, 6.45) is 7.31. The normalized spacial score (nSPS) is 24.5. The second-order valence-corrected chi connectivity index (χ2v) is 12.9. The minimum absolute atomic E-state index is 0.179. The fourth-order valence-electron chi connectivity index (χ4n) is 4.23. The Morgan fingerprint density at radius 2 is 1.08 bits per heavy atom. The van der Waals surface area contributed by atoms with Gasteiger partial charge >= 0.3 is 7.12 Å². The Balaban J connectivity index is 0.000000194. The van der Waals surface area contributed by atoms with Gasteiger partial charge in [0.05, 0.1) is 37.6 Å². The molecule has 3 aliphatic rings. The molecule has 3 aliphatic heterocycles. The highest BCUT2D eigenvalue weighted by atomic mass is 79.9. The van der Waals surface area contributed by atoms with Crippen molar-refractivity contribution in [2.75, 3.05) is 26.4 Å². The van der Waals surface area contributed by atoms with E-state index in [4.69, 9.17) is 28.3 Å². The molecule has 0 unspecified atom stereocenters. The van der Waals surface area contributed by atoms with E-state index in [0.717, 1.165) is 21.1 Å². The number of pyridine rings is 2. The van der Waals surface area contributed by atoms with Crippen LogP contribution in [0.25, 0.3) is 0 Å². The molecule has 8 nitrogen and oxygen atoms in total. The molecule has 3 fully saturated rings. The van der Waals surface area contributed by atoms with E-state index in [9.17, 15) is 0 Å². The maximum atomic E-state index is 6.10. The van der Waals surface area contributed by atoms with E-state index in [-0.39, 0.29) is 23.0 Å². The molecule has 0 saturated carbocycles. The second kappa shape index (κ2) is 11.2. The van der Waals surface area contributed by atoms with Crippen molar-refractivity contribution in [3.63, 3.8) is 0 Å². The number of nitrogens with zero attached hydrogens (tertiary/aromatic N) is 2. The zero-order valence-corrected chi connectivity index (χ0v) is 25.3. The monoisotopic (exact) mass is 590 g/mol. The molecule has 5 heterocycles. The van der Waals surface area contributed by atoms with Gasteiger partial charge in [-0.2, -0.15) is 0 Å². The Labute approximate surface area is 235 Å². The van der Waals surface area contributed by atoms with Gasteiger partial charge in [0.15, 0.2) is 11.6 Å². The maximum Gasteiger partial charge on any atom is 0.496 e. The molecule has 2 aromatic rings. The van der Waals surface area contributed by atoms with E-state index in [0.29, 0.717) is 26.4 Å². The van der Waals surface area contributed by atoms with E-state index in [1.807, 2.05) is 40.1 Å². The van der Waals surface area contributed by atoms with Crippen LogP contribution in [0.5, 0.6) is 0 Å². The summed E-state index contributed by atoms with van der Waals surface area (Å²) in [6, 6.07) is 4.15. The number of rotatable bonds is 3. The molecule has 0 aliphatic carbocycles. The molecule has 2 aromatic heterocycles. The van der Waals surface area contributed by atoms with Crippen LogP contribution in [0.2, 0.25) is 0 Å². The minimum atomic E-state index is -0.507. The first-order valence-corrected chi connectivity index (χ1v) is 13.9.